The van der Waals surface area contributed by atoms with E-state index in [2.05, 4.69) is 14.7 Å². The Bertz CT molecular complexity index is 1270. The highest BCUT2D eigenvalue weighted by Gasteiger charge is 2.25. The molecule has 0 radical (unpaired) electrons. The zero-order chi connectivity index (χ0) is 23.5. The van der Waals surface area contributed by atoms with E-state index in [1.165, 1.54) is 12.4 Å². The second-order valence-corrected chi connectivity index (χ2v) is 9.85. The minimum Gasteiger partial charge on any atom is -0.505 e. The van der Waals surface area contributed by atoms with E-state index in [1.807, 2.05) is 44.2 Å². The fraction of sp³-hybridized carbons (Fsp3) is 0.227. The molecule has 0 aliphatic rings. The quantitative estimate of drug-likeness (QED) is 0.532. The van der Waals surface area contributed by atoms with Crippen LogP contribution in [-0.4, -0.2) is 29.7 Å². The molecular weight excluding hydrogens is 452 g/mol. The molecule has 0 amide bonds. The highest BCUT2D eigenvalue weighted by molar-refractivity contribution is 7.91. The van der Waals surface area contributed by atoms with E-state index >= 15 is 0 Å². The summed E-state index contributed by atoms with van der Waals surface area (Å²) in [7, 11) is -3.43. The molecule has 0 atom stereocenters. The number of ether oxygens (including phenoxy) is 1. The minimum atomic E-state index is -3.43. The maximum atomic E-state index is 11.2. The van der Waals surface area contributed by atoms with E-state index in [0.717, 1.165) is 17.4 Å². The summed E-state index contributed by atoms with van der Waals surface area (Å²) in [5.41, 5.74) is 2.09. The van der Waals surface area contributed by atoms with Gasteiger partial charge in [-0.25, -0.2) is 18.4 Å². The smallest absolute Gasteiger partial charge is 0.236 e. The molecule has 0 fully saturated rings. The van der Waals surface area contributed by atoms with Crippen molar-refractivity contribution in [2.45, 2.75) is 25.9 Å². The van der Waals surface area contributed by atoms with Gasteiger partial charge in [0, 0.05) is 23.4 Å². The lowest BCUT2D eigenvalue weighted by Crippen LogP contribution is -2.19. The molecule has 1 aromatic heterocycles. The average Bonchev–Trinajstić information content (AvgIpc) is 2.74. The normalized spacial score (nSPS) is 11.6. The van der Waals surface area contributed by atoms with Crippen molar-refractivity contribution in [3.63, 3.8) is 0 Å². The van der Waals surface area contributed by atoms with Crippen LogP contribution in [0.5, 0.6) is 11.5 Å². The van der Waals surface area contributed by atoms with Crippen molar-refractivity contribution >= 4 is 27.6 Å². The van der Waals surface area contributed by atoms with Gasteiger partial charge in [0.25, 0.3) is 0 Å². The van der Waals surface area contributed by atoms with Crippen molar-refractivity contribution in [1.29, 1.82) is 5.26 Å². The molecule has 0 saturated heterocycles. The summed E-state index contributed by atoms with van der Waals surface area (Å²) < 4.78 is 30.4. The molecule has 166 valence electrons. The van der Waals surface area contributed by atoms with Gasteiger partial charge in [0.1, 0.15) is 18.4 Å². The van der Waals surface area contributed by atoms with Gasteiger partial charge in [-0.15, -0.1) is 0 Å². The number of aromatic nitrogens is 2. The summed E-state index contributed by atoms with van der Waals surface area (Å²) >= 11 is 6.09. The van der Waals surface area contributed by atoms with E-state index < -0.39 is 15.4 Å². The molecule has 0 aliphatic heterocycles. The van der Waals surface area contributed by atoms with Crippen molar-refractivity contribution in [2.75, 3.05) is 11.0 Å². The van der Waals surface area contributed by atoms with E-state index in [-0.39, 0.29) is 28.9 Å². The Balaban J connectivity index is 1.71. The molecule has 0 bridgehead atoms. The lowest BCUT2D eigenvalue weighted by Gasteiger charge is -2.27. The number of nitriles is 1. The number of nitrogens with one attached hydrogen (secondary N) is 1. The largest absolute Gasteiger partial charge is 0.505 e. The first-order valence-electron chi connectivity index (χ1n) is 9.45. The number of sulfonamides is 1. The van der Waals surface area contributed by atoms with Crippen LogP contribution in [0.25, 0.3) is 0 Å². The standard InChI is InChI=1S/C22H21ClN4O4S/c1-22(2,17-8-15(10-24)20(28)19(23)9-17)16-4-6-18(7-5-16)31-13-14-11-25-21(26-12-14)27-32(3,29)30/h4-9,11-12,28H,13H2,1-3H3,(H,25,26,27). The van der Waals surface area contributed by atoms with Crippen LogP contribution in [0.15, 0.2) is 48.8 Å². The first-order valence-corrected chi connectivity index (χ1v) is 11.7. The number of hydrogen-bond donors (Lipinski definition) is 2. The van der Waals surface area contributed by atoms with Crippen LogP contribution in [0.4, 0.5) is 5.95 Å². The third kappa shape index (κ3) is 5.46. The number of hydrogen-bond acceptors (Lipinski definition) is 7. The lowest BCUT2D eigenvalue weighted by molar-refractivity contribution is 0.305. The number of phenolic OH excluding ortho intramolecular Hbond substituents is 1. The number of benzene rings is 2. The molecule has 0 spiro atoms. The SMILES string of the molecule is CC(C)(c1ccc(OCc2cnc(NS(C)(=O)=O)nc2)cc1)c1cc(Cl)c(O)c(C#N)c1. The Morgan fingerprint density at radius 3 is 2.34 bits per heavy atom. The fourth-order valence-corrected chi connectivity index (χ4v) is 3.65. The molecule has 2 aromatic carbocycles. The topological polar surface area (TPSA) is 125 Å². The van der Waals surface area contributed by atoms with Gasteiger partial charge in [-0.2, -0.15) is 5.26 Å². The Kier molecular flexibility index (Phi) is 6.57. The zero-order valence-electron chi connectivity index (χ0n) is 17.6. The summed E-state index contributed by atoms with van der Waals surface area (Å²) in [5, 5.41) is 19.3. The predicted molar refractivity (Wildman–Crippen MR) is 121 cm³/mol. The number of nitrogens with zero attached hydrogens (tertiary/aromatic N) is 3. The highest BCUT2D eigenvalue weighted by Crippen LogP contribution is 2.38. The maximum Gasteiger partial charge on any atom is 0.236 e. The first-order chi connectivity index (χ1) is 15.0. The second kappa shape index (κ2) is 9.02. The summed E-state index contributed by atoms with van der Waals surface area (Å²) in [5.74, 6) is 0.405. The van der Waals surface area contributed by atoms with Gasteiger partial charge in [0.05, 0.1) is 16.8 Å². The number of phenols is 1. The first kappa shape index (κ1) is 23.3. The minimum absolute atomic E-state index is 0.00303. The number of rotatable bonds is 7. The Hall–Kier alpha value is -3.35. The number of aromatic hydroxyl groups is 1. The maximum absolute atomic E-state index is 11.2. The van der Waals surface area contributed by atoms with Crippen molar-refractivity contribution in [3.05, 3.63) is 76.1 Å². The number of anilines is 1. The van der Waals surface area contributed by atoms with Crippen LogP contribution in [0.3, 0.4) is 0 Å². The third-order valence-electron chi connectivity index (χ3n) is 4.87. The van der Waals surface area contributed by atoms with Crippen molar-refractivity contribution < 1.29 is 18.3 Å². The molecule has 3 rings (SSSR count). The second-order valence-electron chi connectivity index (χ2n) is 7.69. The Labute approximate surface area is 191 Å². The van der Waals surface area contributed by atoms with Gasteiger partial charge in [-0.05, 0) is 35.4 Å². The third-order valence-corrected chi connectivity index (χ3v) is 5.71. The van der Waals surface area contributed by atoms with Gasteiger partial charge in [0.2, 0.25) is 16.0 Å². The molecule has 2 N–H and O–H groups in total. The summed E-state index contributed by atoms with van der Waals surface area (Å²) in [6.45, 7) is 4.20. The molecule has 1 heterocycles. The van der Waals surface area contributed by atoms with E-state index in [0.29, 0.717) is 11.3 Å². The summed E-state index contributed by atoms with van der Waals surface area (Å²) in [6.07, 6.45) is 4.00. The van der Waals surface area contributed by atoms with Gasteiger partial charge in [-0.1, -0.05) is 37.6 Å². The zero-order valence-corrected chi connectivity index (χ0v) is 19.2. The van der Waals surface area contributed by atoms with Crippen molar-refractivity contribution in [3.8, 4) is 17.6 Å². The molecule has 0 saturated carbocycles. The molecule has 10 heteroatoms. The highest BCUT2D eigenvalue weighted by atomic mass is 35.5. The average molecular weight is 473 g/mol. The van der Waals surface area contributed by atoms with Crippen LogP contribution in [0.2, 0.25) is 5.02 Å². The van der Waals surface area contributed by atoms with Gasteiger partial charge in [0.15, 0.2) is 5.75 Å². The van der Waals surface area contributed by atoms with E-state index in [1.54, 1.807) is 12.1 Å². The van der Waals surface area contributed by atoms with Gasteiger partial charge >= 0.3 is 0 Å². The van der Waals surface area contributed by atoms with E-state index in [9.17, 15) is 18.8 Å². The predicted octanol–water partition coefficient (Wildman–Crippen LogP) is 3.98. The Morgan fingerprint density at radius 1 is 1.16 bits per heavy atom. The molecule has 8 nitrogen and oxygen atoms in total. The molecule has 0 unspecified atom stereocenters. The van der Waals surface area contributed by atoms with Crippen LogP contribution in [-0.2, 0) is 22.0 Å². The number of halogens is 1. The summed E-state index contributed by atoms with van der Waals surface area (Å²) in [4.78, 5) is 7.90. The van der Waals surface area contributed by atoms with Crippen LogP contribution < -0.4 is 9.46 Å². The van der Waals surface area contributed by atoms with Crippen LogP contribution in [0, 0.1) is 11.3 Å². The van der Waals surface area contributed by atoms with Gasteiger partial charge < -0.3 is 9.84 Å². The lowest BCUT2D eigenvalue weighted by atomic mass is 9.77. The molecule has 3 aromatic rings. The van der Waals surface area contributed by atoms with E-state index in [4.69, 9.17) is 16.3 Å². The van der Waals surface area contributed by atoms with Crippen molar-refractivity contribution in [2.24, 2.45) is 0 Å². The van der Waals surface area contributed by atoms with Crippen molar-refractivity contribution in [1.82, 2.24) is 9.97 Å². The monoisotopic (exact) mass is 472 g/mol. The molecule has 0 aliphatic carbocycles. The fourth-order valence-electron chi connectivity index (χ4n) is 2.99. The summed E-state index contributed by atoms with van der Waals surface area (Å²) in [6, 6.07) is 12.7. The molecule has 32 heavy (non-hydrogen) atoms. The molecular formula is C22H21ClN4O4S. The van der Waals surface area contributed by atoms with Crippen LogP contribution >= 0.6 is 11.6 Å². The van der Waals surface area contributed by atoms with Crippen LogP contribution in [0.1, 0.15) is 36.1 Å². The van der Waals surface area contributed by atoms with Gasteiger partial charge in [-0.3, -0.25) is 4.72 Å². The Morgan fingerprint density at radius 2 is 1.78 bits per heavy atom.